The maximum Gasteiger partial charge on any atom is 0.416 e. The van der Waals surface area contributed by atoms with Gasteiger partial charge in [-0.3, -0.25) is 0 Å². The molecule has 1 aromatic carbocycles. The standard InChI is InChI=1S/C13H14N2O6S/c1-3-6-21-13(18)15-9-7-8(2)4-5-10(9)22(19,20)14-11(15)12(16)17/h3-5,7,11,14H,1,6H2,2H3,(H,16,17). The molecule has 0 fully saturated rings. The Hall–Kier alpha value is -2.39. The van der Waals surface area contributed by atoms with E-state index in [2.05, 4.69) is 6.58 Å². The molecule has 0 bridgehead atoms. The van der Waals surface area contributed by atoms with E-state index in [1.807, 2.05) is 4.72 Å². The number of hydrogen-bond acceptors (Lipinski definition) is 5. The molecule has 0 aromatic heterocycles. The van der Waals surface area contributed by atoms with Crippen molar-refractivity contribution in [3.8, 4) is 0 Å². The SMILES string of the molecule is C=CCOC(=O)N1c2cc(C)ccc2S(=O)(=O)NC1C(=O)O. The van der Waals surface area contributed by atoms with E-state index in [9.17, 15) is 23.1 Å². The Labute approximate surface area is 127 Å². The lowest BCUT2D eigenvalue weighted by Crippen LogP contribution is -2.58. The predicted molar refractivity (Wildman–Crippen MR) is 76.9 cm³/mol. The lowest BCUT2D eigenvalue weighted by Gasteiger charge is -2.34. The molecule has 118 valence electrons. The van der Waals surface area contributed by atoms with Crippen LogP contribution >= 0.6 is 0 Å². The van der Waals surface area contributed by atoms with Crippen LogP contribution in [0.4, 0.5) is 10.5 Å². The molecule has 1 atom stereocenters. The first kappa shape index (κ1) is 16.0. The normalized spacial score (nSPS) is 19.1. The van der Waals surface area contributed by atoms with Crippen molar-refractivity contribution >= 4 is 27.8 Å². The molecule has 8 nitrogen and oxygen atoms in total. The van der Waals surface area contributed by atoms with Crippen LogP contribution in [0, 0.1) is 6.92 Å². The molecule has 0 radical (unpaired) electrons. The number of carbonyl (C=O) groups is 2. The number of ether oxygens (including phenoxy) is 1. The van der Waals surface area contributed by atoms with Crippen molar-refractivity contribution in [2.24, 2.45) is 0 Å². The predicted octanol–water partition coefficient (Wildman–Crippen LogP) is 0.827. The summed E-state index contributed by atoms with van der Waals surface area (Å²) in [7, 11) is -4.04. The summed E-state index contributed by atoms with van der Waals surface area (Å²) in [4.78, 5) is 24.0. The van der Waals surface area contributed by atoms with E-state index in [1.165, 1.54) is 18.2 Å². The van der Waals surface area contributed by atoms with Crippen LogP contribution in [0.25, 0.3) is 0 Å². The van der Waals surface area contributed by atoms with Crippen molar-refractivity contribution in [3.05, 3.63) is 36.4 Å². The Morgan fingerprint density at radius 1 is 1.50 bits per heavy atom. The van der Waals surface area contributed by atoms with Gasteiger partial charge in [0, 0.05) is 0 Å². The van der Waals surface area contributed by atoms with Crippen molar-refractivity contribution in [3.63, 3.8) is 0 Å². The number of benzene rings is 1. The molecule has 2 N–H and O–H groups in total. The second-order valence-electron chi connectivity index (χ2n) is 4.57. The monoisotopic (exact) mass is 326 g/mol. The summed E-state index contributed by atoms with van der Waals surface area (Å²) in [5, 5.41) is 9.21. The Morgan fingerprint density at radius 3 is 2.77 bits per heavy atom. The molecule has 1 aliphatic heterocycles. The maximum atomic E-state index is 12.1. The Bertz CT molecular complexity index is 743. The van der Waals surface area contributed by atoms with E-state index in [1.54, 1.807) is 13.0 Å². The van der Waals surface area contributed by atoms with Gasteiger partial charge in [0.05, 0.1) is 5.69 Å². The molecule has 0 saturated carbocycles. The van der Waals surface area contributed by atoms with Gasteiger partial charge in [-0.25, -0.2) is 22.9 Å². The summed E-state index contributed by atoms with van der Waals surface area (Å²) in [6.45, 7) is 4.95. The van der Waals surface area contributed by atoms with Gasteiger partial charge in [0.15, 0.2) is 0 Å². The molecular weight excluding hydrogens is 312 g/mol. The van der Waals surface area contributed by atoms with E-state index >= 15 is 0 Å². The largest absolute Gasteiger partial charge is 0.479 e. The number of fused-ring (bicyclic) bond motifs is 1. The molecule has 2 rings (SSSR count). The zero-order valence-electron chi connectivity index (χ0n) is 11.6. The van der Waals surface area contributed by atoms with E-state index in [0.29, 0.717) is 5.56 Å². The average molecular weight is 326 g/mol. The molecule has 1 unspecified atom stereocenters. The topological polar surface area (TPSA) is 113 Å². The van der Waals surface area contributed by atoms with Gasteiger partial charge in [0.2, 0.25) is 16.2 Å². The fraction of sp³-hybridized carbons (Fsp3) is 0.231. The number of anilines is 1. The van der Waals surface area contributed by atoms with Crippen LogP contribution in [0.1, 0.15) is 5.56 Å². The second kappa shape index (κ2) is 5.78. The van der Waals surface area contributed by atoms with Crippen LogP contribution in [0.3, 0.4) is 0 Å². The summed E-state index contributed by atoms with van der Waals surface area (Å²) in [5.74, 6) is -1.52. The van der Waals surface area contributed by atoms with E-state index in [4.69, 9.17) is 4.74 Å². The van der Waals surface area contributed by atoms with E-state index < -0.39 is 28.3 Å². The third kappa shape index (κ3) is 2.81. The average Bonchev–Trinajstić information content (AvgIpc) is 2.43. The molecule has 1 heterocycles. The fourth-order valence-electron chi connectivity index (χ4n) is 2.01. The summed E-state index contributed by atoms with van der Waals surface area (Å²) >= 11 is 0. The Balaban J connectivity index is 2.61. The van der Waals surface area contributed by atoms with Gasteiger partial charge in [-0.1, -0.05) is 18.7 Å². The highest BCUT2D eigenvalue weighted by Crippen LogP contribution is 2.32. The van der Waals surface area contributed by atoms with Crippen LogP contribution in [0.2, 0.25) is 0 Å². The van der Waals surface area contributed by atoms with E-state index in [0.717, 1.165) is 4.90 Å². The van der Waals surface area contributed by atoms with Crippen LogP contribution in [-0.4, -0.2) is 38.4 Å². The zero-order valence-corrected chi connectivity index (χ0v) is 12.5. The summed E-state index contributed by atoms with van der Waals surface area (Å²) in [6, 6.07) is 4.27. The molecule has 1 aromatic rings. The van der Waals surface area contributed by atoms with Crippen LogP contribution in [0.15, 0.2) is 35.7 Å². The molecular formula is C13H14N2O6S. The van der Waals surface area contributed by atoms with Gasteiger partial charge in [-0.15, -0.1) is 0 Å². The van der Waals surface area contributed by atoms with Crippen LogP contribution < -0.4 is 9.62 Å². The van der Waals surface area contributed by atoms with Crippen molar-refractivity contribution in [1.29, 1.82) is 0 Å². The van der Waals surface area contributed by atoms with Gasteiger partial charge >= 0.3 is 12.1 Å². The third-order valence-electron chi connectivity index (χ3n) is 2.94. The Kier molecular flexibility index (Phi) is 4.20. The van der Waals surface area contributed by atoms with Crippen molar-refractivity contribution in [2.75, 3.05) is 11.5 Å². The number of aryl methyl sites for hydroxylation is 1. The van der Waals surface area contributed by atoms with Gasteiger partial charge in [0.1, 0.15) is 11.5 Å². The smallest absolute Gasteiger partial charge is 0.416 e. The summed E-state index contributed by atoms with van der Waals surface area (Å²) in [5.41, 5.74) is 0.627. The van der Waals surface area contributed by atoms with Crippen LogP contribution in [-0.2, 0) is 19.6 Å². The third-order valence-corrected chi connectivity index (χ3v) is 4.40. The number of nitrogens with zero attached hydrogens (tertiary/aromatic N) is 1. The van der Waals surface area contributed by atoms with Crippen molar-refractivity contribution in [1.82, 2.24) is 4.72 Å². The van der Waals surface area contributed by atoms with Gasteiger partial charge in [-0.2, -0.15) is 4.72 Å². The molecule has 0 spiro atoms. The number of carbonyl (C=O) groups excluding carboxylic acids is 1. The van der Waals surface area contributed by atoms with Crippen molar-refractivity contribution < 1.29 is 27.9 Å². The molecule has 0 saturated heterocycles. The molecule has 22 heavy (non-hydrogen) atoms. The number of aliphatic carboxylic acids is 1. The minimum Gasteiger partial charge on any atom is -0.479 e. The highest BCUT2D eigenvalue weighted by atomic mass is 32.2. The fourth-order valence-corrected chi connectivity index (χ4v) is 3.32. The quantitative estimate of drug-likeness (QED) is 0.795. The highest BCUT2D eigenvalue weighted by molar-refractivity contribution is 7.89. The number of amides is 1. The summed E-state index contributed by atoms with van der Waals surface area (Å²) in [6.07, 6.45) is -1.45. The lowest BCUT2D eigenvalue weighted by atomic mass is 10.2. The van der Waals surface area contributed by atoms with Gasteiger partial charge in [0.25, 0.3) is 0 Å². The molecule has 9 heteroatoms. The number of rotatable bonds is 3. The number of carboxylic acid groups (broad SMARTS) is 1. The molecule has 0 aliphatic carbocycles. The first-order valence-corrected chi connectivity index (χ1v) is 7.69. The first-order chi connectivity index (χ1) is 10.3. The number of carboxylic acids is 1. The molecule has 1 amide bonds. The number of hydrogen-bond donors (Lipinski definition) is 2. The van der Waals surface area contributed by atoms with Gasteiger partial charge < -0.3 is 9.84 Å². The highest BCUT2D eigenvalue weighted by Gasteiger charge is 2.43. The van der Waals surface area contributed by atoms with Gasteiger partial charge in [-0.05, 0) is 24.6 Å². The number of nitrogens with one attached hydrogen (secondary N) is 1. The second-order valence-corrected chi connectivity index (χ2v) is 6.25. The minimum absolute atomic E-state index is 0.0415. The first-order valence-electron chi connectivity index (χ1n) is 6.20. The Morgan fingerprint density at radius 2 is 2.18 bits per heavy atom. The van der Waals surface area contributed by atoms with Crippen LogP contribution in [0.5, 0.6) is 0 Å². The zero-order chi connectivity index (χ0) is 16.5. The summed E-state index contributed by atoms with van der Waals surface area (Å²) < 4.78 is 31.0. The molecule has 1 aliphatic rings. The van der Waals surface area contributed by atoms with E-state index in [-0.39, 0.29) is 17.2 Å². The lowest BCUT2D eigenvalue weighted by molar-refractivity contribution is -0.138. The van der Waals surface area contributed by atoms with Crippen molar-refractivity contribution in [2.45, 2.75) is 18.0 Å². The minimum atomic E-state index is -4.04. The number of sulfonamides is 1. The maximum absolute atomic E-state index is 12.1.